The molecular weight excluding hydrogens is 308 g/mol. The summed E-state index contributed by atoms with van der Waals surface area (Å²) in [6.07, 6.45) is 0. The van der Waals surface area contributed by atoms with Crippen LogP contribution in [-0.4, -0.2) is 72.3 Å². The third kappa shape index (κ3) is 2.99. The van der Waals surface area contributed by atoms with Gasteiger partial charge < -0.3 is 15.5 Å². The van der Waals surface area contributed by atoms with Crippen molar-refractivity contribution in [1.82, 2.24) is 14.7 Å². The number of amides is 4. The minimum Gasteiger partial charge on any atom is -0.340 e. The van der Waals surface area contributed by atoms with Crippen LogP contribution in [0.5, 0.6) is 0 Å². The Hall–Kier alpha value is -2.41. The second-order valence-electron chi connectivity index (χ2n) is 6.43. The summed E-state index contributed by atoms with van der Waals surface area (Å²) in [5.41, 5.74) is 7.05. The van der Waals surface area contributed by atoms with E-state index >= 15 is 0 Å². The van der Waals surface area contributed by atoms with Crippen molar-refractivity contribution in [2.45, 2.75) is 5.92 Å². The lowest BCUT2D eigenvalue weighted by Crippen LogP contribution is -2.42. The molecule has 2 atom stereocenters. The van der Waals surface area contributed by atoms with E-state index in [0.717, 1.165) is 10.5 Å². The molecule has 0 spiro atoms. The Labute approximate surface area is 141 Å². The van der Waals surface area contributed by atoms with Crippen molar-refractivity contribution in [1.29, 1.82) is 0 Å². The number of nitrogens with zero attached hydrogens (tertiary/aromatic N) is 3. The maximum Gasteiger partial charge on any atom is 0.327 e. The number of rotatable bonds is 4. The van der Waals surface area contributed by atoms with Gasteiger partial charge in [-0.15, -0.1) is 0 Å². The molecule has 7 heteroatoms. The molecule has 128 valence electrons. The van der Waals surface area contributed by atoms with Crippen LogP contribution in [0.25, 0.3) is 0 Å². The molecule has 2 aliphatic rings. The lowest BCUT2D eigenvalue weighted by Gasteiger charge is -2.20. The molecule has 2 heterocycles. The predicted molar refractivity (Wildman–Crippen MR) is 88.0 cm³/mol. The molecular formula is C17H22N4O3. The van der Waals surface area contributed by atoms with Crippen molar-refractivity contribution >= 4 is 17.8 Å². The van der Waals surface area contributed by atoms with E-state index in [4.69, 9.17) is 5.73 Å². The highest BCUT2D eigenvalue weighted by molar-refractivity contribution is 6.04. The van der Waals surface area contributed by atoms with Crippen LogP contribution >= 0.6 is 0 Å². The van der Waals surface area contributed by atoms with E-state index in [1.807, 2.05) is 30.3 Å². The monoisotopic (exact) mass is 330 g/mol. The fourth-order valence-corrected chi connectivity index (χ4v) is 3.45. The second-order valence-corrected chi connectivity index (χ2v) is 6.43. The number of benzene rings is 1. The first-order chi connectivity index (χ1) is 11.5. The van der Waals surface area contributed by atoms with Crippen LogP contribution in [0.3, 0.4) is 0 Å². The average Bonchev–Trinajstić information content (AvgIpc) is 3.12. The highest BCUT2D eigenvalue weighted by Crippen LogP contribution is 2.32. The number of carbonyl (C=O) groups is 3. The van der Waals surface area contributed by atoms with Gasteiger partial charge in [-0.2, -0.15) is 0 Å². The van der Waals surface area contributed by atoms with E-state index < -0.39 is 6.03 Å². The summed E-state index contributed by atoms with van der Waals surface area (Å²) in [4.78, 5) is 40.3. The summed E-state index contributed by atoms with van der Waals surface area (Å²) >= 11 is 0. The molecule has 0 saturated carbocycles. The van der Waals surface area contributed by atoms with Crippen LogP contribution in [0.1, 0.15) is 11.5 Å². The summed E-state index contributed by atoms with van der Waals surface area (Å²) in [5, 5.41) is 0. The quantitative estimate of drug-likeness (QED) is 0.792. The first kappa shape index (κ1) is 16.4. The van der Waals surface area contributed by atoms with Crippen LogP contribution in [0.2, 0.25) is 0 Å². The molecule has 0 aromatic heterocycles. The van der Waals surface area contributed by atoms with Gasteiger partial charge in [0.15, 0.2) is 0 Å². The summed E-state index contributed by atoms with van der Waals surface area (Å²) in [6, 6.07) is 9.59. The summed E-state index contributed by atoms with van der Waals surface area (Å²) < 4.78 is 0. The van der Waals surface area contributed by atoms with Crippen LogP contribution in [0.15, 0.2) is 30.3 Å². The molecule has 0 aliphatic carbocycles. The molecule has 4 amide bonds. The van der Waals surface area contributed by atoms with Crippen LogP contribution in [0.4, 0.5) is 4.79 Å². The third-order valence-electron chi connectivity index (χ3n) is 4.85. The van der Waals surface area contributed by atoms with Crippen LogP contribution < -0.4 is 5.73 Å². The van der Waals surface area contributed by atoms with Gasteiger partial charge >= 0.3 is 6.03 Å². The predicted octanol–water partition coefficient (Wildman–Crippen LogP) is 0.0813. The number of nitrogens with two attached hydrogens (primary N) is 1. The standard InChI is InChI=1S/C17H22N4O3/c1-19-10-16(23)21(17(19)24)11-15(22)20-8-13(7-18)14(9-20)12-5-3-2-4-6-12/h2-6,13-14H,7-11,18H2,1H3/t13-,14+/m1/s1. The van der Waals surface area contributed by atoms with Gasteiger partial charge in [-0.1, -0.05) is 30.3 Å². The topological polar surface area (TPSA) is 87.0 Å². The molecule has 0 unspecified atom stereocenters. The number of imide groups is 1. The van der Waals surface area contributed by atoms with Gasteiger partial charge in [-0.05, 0) is 18.0 Å². The molecule has 1 aromatic carbocycles. The summed E-state index contributed by atoms with van der Waals surface area (Å²) in [6.45, 7) is 1.45. The smallest absolute Gasteiger partial charge is 0.327 e. The van der Waals surface area contributed by atoms with E-state index in [1.165, 1.54) is 4.90 Å². The molecule has 24 heavy (non-hydrogen) atoms. The maximum atomic E-state index is 12.6. The molecule has 2 fully saturated rings. The summed E-state index contributed by atoms with van der Waals surface area (Å²) in [5.74, 6) is -0.161. The maximum absolute atomic E-state index is 12.6. The Kier molecular flexibility index (Phi) is 4.53. The zero-order chi connectivity index (χ0) is 17.3. The van der Waals surface area contributed by atoms with E-state index in [9.17, 15) is 14.4 Å². The highest BCUT2D eigenvalue weighted by Gasteiger charge is 2.39. The van der Waals surface area contributed by atoms with Crippen LogP contribution in [-0.2, 0) is 9.59 Å². The largest absolute Gasteiger partial charge is 0.340 e. The SMILES string of the molecule is CN1CC(=O)N(CC(=O)N2C[C@@H](CN)[C@H](c3ccccc3)C2)C1=O. The fraction of sp³-hybridized carbons (Fsp3) is 0.471. The Bertz CT molecular complexity index is 648. The Morgan fingerprint density at radius 1 is 1.21 bits per heavy atom. The van der Waals surface area contributed by atoms with Crippen molar-refractivity contribution in [3.63, 3.8) is 0 Å². The van der Waals surface area contributed by atoms with E-state index in [-0.39, 0.29) is 36.7 Å². The molecule has 3 rings (SSSR count). The highest BCUT2D eigenvalue weighted by atomic mass is 16.2. The number of hydrogen-bond donors (Lipinski definition) is 1. The number of likely N-dealkylation sites (N-methyl/N-ethyl adjacent to an activating group) is 1. The first-order valence-corrected chi connectivity index (χ1v) is 8.09. The zero-order valence-electron chi connectivity index (χ0n) is 13.7. The first-order valence-electron chi connectivity index (χ1n) is 8.09. The van der Waals surface area contributed by atoms with Crippen molar-refractivity contribution < 1.29 is 14.4 Å². The molecule has 0 radical (unpaired) electrons. The molecule has 2 N–H and O–H groups in total. The Morgan fingerprint density at radius 2 is 1.92 bits per heavy atom. The number of likely N-dealkylation sites (tertiary alicyclic amines) is 1. The lowest BCUT2D eigenvalue weighted by molar-refractivity contribution is -0.135. The van der Waals surface area contributed by atoms with Gasteiger partial charge in [0.1, 0.15) is 13.1 Å². The molecule has 7 nitrogen and oxygen atoms in total. The van der Waals surface area contributed by atoms with E-state index in [1.54, 1.807) is 11.9 Å². The molecule has 2 aliphatic heterocycles. The van der Waals surface area contributed by atoms with Gasteiger partial charge in [0.05, 0.1) is 0 Å². The molecule has 2 saturated heterocycles. The van der Waals surface area contributed by atoms with Gasteiger partial charge in [-0.3, -0.25) is 14.5 Å². The number of hydrogen-bond acceptors (Lipinski definition) is 4. The molecule has 1 aromatic rings. The zero-order valence-corrected chi connectivity index (χ0v) is 13.7. The van der Waals surface area contributed by atoms with Gasteiger partial charge in [0.25, 0.3) is 5.91 Å². The second kappa shape index (κ2) is 6.60. The molecule has 0 bridgehead atoms. The Morgan fingerprint density at radius 3 is 2.50 bits per heavy atom. The fourth-order valence-electron chi connectivity index (χ4n) is 3.45. The summed E-state index contributed by atoms with van der Waals surface area (Å²) in [7, 11) is 1.55. The number of urea groups is 1. The average molecular weight is 330 g/mol. The van der Waals surface area contributed by atoms with E-state index in [0.29, 0.717) is 19.6 Å². The lowest BCUT2D eigenvalue weighted by atomic mass is 9.89. The van der Waals surface area contributed by atoms with Gasteiger partial charge in [0.2, 0.25) is 5.91 Å². The minimum absolute atomic E-state index is 0.0319. The van der Waals surface area contributed by atoms with Crippen molar-refractivity contribution in [2.24, 2.45) is 11.7 Å². The van der Waals surface area contributed by atoms with Crippen molar-refractivity contribution in [3.05, 3.63) is 35.9 Å². The minimum atomic E-state index is -0.414. The van der Waals surface area contributed by atoms with E-state index in [2.05, 4.69) is 0 Å². The third-order valence-corrected chi connectivity index (χ3v) is 4.85. The van der Waals surface area contributed by atoms with Crippen LogP contribution in [0, 0.1) is 5.92 Å². The Balaban J connectivity index is 1.68. The van der Waals surface area contributed by atoms with Gasteiger partial charge in [-0.25, -0.2) is 4.79 Å². The van der Waals surface area contributed by atoms with Crippen molar-refractivity contribution in [2.75, 3.05) is 39.8 Å². The van der Waals surface area contributed by atoms with Gasteiger partial charge in [0, 0.05) is 26.1 Å². The van der Waals surface area contributed by atoms with Crippen molar-refractivity contribution in [3.8, 4) is 0 Å². The number of carbonyl (C=O) groups excluding carboxylic acids is 3. The normalized spacial score (nSPS) is 24.2.